The first-order valence-electron chi connectivity index (χ1n) is 15.7. The molecule has 1 saturated carbocycles. The number of hydrogen-bond donors (Lipinski definition) is 5. The van der Waals surface area contributed by atoms with Crippen molar-refractivity contribution in [3.05, 3.63) is 48.6 Å². The van der Waals surface area contributed by atoms with Crippen molar-refractivity contribution in [2.45, 2.75) is 115 Å². The molecular weight excluding hydrogens is 589 g/mol. The van der Waals surface area contributed by atoms with E-state index >= 15 is 0 Å². The molecule has 11 nitrogen and oxygen atoms in total. The first kappa shape index (κ1) is 38.1. The summed E-state index contributed by atoms with van der Waals surface area (Å²) in [4.78, 5) is 43.1. The number of rotatable bonds is 18. The SMILES string of the molecule is CCC1C=CC(=O)OC1/C=C/C(O)(CCN)C(CC(O)/C=C\C=C/C1CCCC(OC(=O)CCCC(C)C)C1)OP(=O)(O)O. The minimum absolute atomic E-state index is 0.0479. The van der Waals surface area contributed by atoms with Crippen molar-refractivity contribution in [3.8, 4) is 0 Å². The number of phosphoric acid groups is 1. The minimum atomic E-state index is -5.08. The molecule has 2 rings (SSSR count). The van der Waals surface area contributed by atoms with Crippen LogP contribution in [0.3, 0.4) is 0 Å². The lowest BCUT2D eigenvalue weighted by Crippen LogP contribution is -2.45. The van der Waals surface area contributed by atoms with Crippen LogP contribution in [0.4, 0.5) is 0 Å². The van der Waals surface area contributed by atoms with Gasteiger partial charge in [-0.25, -0.2) is 9.36 Å². The van der Waals surface area contributed by atoms with Gasteiger partial charge in [0, 0.05) is 24.8 Å². The second-order valence-electron chi connectivity index (χ2n) is 12.2. The number of carbonyl (C=O) groups excluding carboxylic acids is 2. The lowest BCUT2D eigenvalue weighted by molar-refractivity contribution is -0.151. The van der Waals surface area contributed by atoms with Crippen LogP contribution in [0.25, 0.3) is 0 Å². The second kappa shape index (κ2) is 18.8. The molecule has 0 amide bonds. The number of hydrogen-bond acceptors (Lipinski definition) is 9. The van der Waals surface area contributed by atoms with Gasteiger partial charge in [0.05, 0.1) is 6.10 Å². The van der Waals surface area contributed by atoms with Crippen LogP contribution in [0.1, 0.15) is 85.0 Å². The van der Waals surface area contributed by atoms with Crippen molar-refractivity contribution in [3.63, 3.8) is 0 Å². The Morgan fingerprint density at radius 3 is 2.66 bits per heavy atom. The highest BCUT2D eigenvalue weighted by molar-refractivity contribution is 7.46. The fourth-order valence-corrected chi connectivity index (χ4v) is 6.15. The van der Waals surface area contributed by atoms with Crippen LogP contribution >= 0.6 is 7.82 Å². The van der Waals surface area contributed by atoms with Crippen LogP contribution in [0.5, 0.6) is 0 Å². The number of nitrogens with two attached hydrogens (primary N) is 1. The Bertz CT molecular complexity index is 1070. The average Bonchev–Trinajstić information content (AvgIpc) is 2.93. The predicted octanol–water partition coefficient (Wildman–Crippen LogP) is 4.40. The normalized spacial score (nSPS) is 25.9. The Kier molecular flexibility index (Phi) is 16.2. The maximum atomic E-state index is 12.2. The number of cyclic esters (lactones) is 1. The summed E-state index contributed by atoms with van der Waals surface area (Å²) >= 11 is 0. The third-order valence-electron chi connectivity index (χ3n) is 7.98. The Labute approximate surface area is 261 Å². The molecule has 44 heavy (non-hydrogen) atoms. The number of aliphatic hydroxyl groups excluding tert-OH is 1. The van der Waals surface area contributed by atoms with Gasteiger partial charge >= 0.3 is 19.8 Å². The summed E-state index contributed by atoms with van der Waals surface area (Å²) < 4.78 is 27.8. The quantitative estimate of drug-likeness (QED) is 0.0618. The zero-order valence-corrected chi connectivity index (χ0v) is 27.1. The third kappa shape index (κ3) is 14.3. The molecule has 0 radical (unpaired) electrons. The molecule has 0 spiro atoms. The summed E-state index contributed by atoms with van der Waals surface area (Å²) in [6.07, 6.45) is 14.9. The van der Waals surface area contributed by atoms with E-state index < -0.39 is 37.7 Å². The Hall–Kier alpha value is -2.11. The fourth-order valence-electron chi connectivity index (χ4n) is 5.55. The predicted molar refractivity (Wildman–Crippen MR) is 167 cm³/mol. The summed E-state index contributed by atoms with van der Waals surface area (Å²) in [5, 5.41) is 22.2. The molecule has 7 atom stereocenters. The molecule has 7 unspecified atom stereocenters. The maximum Gasteiger partial charge on any atom is 0.469 e. The average molecular weight is 642 g/mol. The molecule has 250 valence electrons. The molecule has 0 bridgehead atoms. The van der Waals surface area contributed by atoms with Gasteiger partial charge in [-0.15, -0.1) is 0 Å². The van der Waals surface area contributed by atoms with E-state index in [0.29, 0.717) is 18.8 Å². The maximum absolute atomic E-state index is 12.2. The molecule has 0 aromatic carbocycles. The molecule has 6 N–H and O–H groups in total. The van der Waals surface area contributed by atoms with Crippen molar-refractivity contribution in [2.24, 2.45) is 23.5 Å². The van der Waals surface area contributed by atoms with Gasteiger partial charge in [-0.1, -0.05) is 63.6 Å². The second-order valence-corrected chi connectivity index (χ2v) is 13.4. The molecule has 0 saturated heterocycles. The monoisotopic (exact) mass is 641 g/mol. The van der Waals surface area contributed by atoms with E-state index in [1.54, 1.807) is 18.2 Å². The summed E-state index contributed by atoms with van der Waals surface area (Å²) in [5.41, 5.74) is 3.74. The highest BCUT2D eigenvalue weighted by atomic mass is 31.2. The Balaban J connectivity index is 2.03. The van der Waals surface area contributed by atoms with Crippen LogP contribution in [-0.2, 0) is 28.2 Å². The van der Waals surface area contributed by atoms with E-state index in [9.17, 15) is 34.2 Å². The van der Waals surface area contributed by atoms with E-state index in [4.69, 9.17) is 19.7 Å². The van der Waals surface area contributed by atoms with Crippen LogP contribution < -0.4 is 5.73 Å². The number of phosphoric ester groups is 1. The van der Waals surface area contributed by atoms with Crippen molar-refractivity contribution < 1.29 is 48.2 Å². The van der Waals surface area contributed by atoms with Gasteiger partial charge in [-0.2, -0.15) is 0 Å². The standard InChI is InChI=1S/C32H52NO10P/c1-4-25-15-16-31(36)42-28(25)17-18-32(37,19-20-33)29(43-44(38,39)40)22-26(34)12-6-5-10-24-11-8-13-27(21-24)41-30(35)14-7-9-23(2)3/h5-6,10,12,15-18,23-29,34,37H,4,7-9,11,13-14,19-22,33H2,1-3H3,(H2,38,39,40)/b10-5-,12-6-,18-17+. The summed E-state index contributed by atoms with van der Waals surface area (Å²) in [6, 6.07) is 0. The zero-order valence-electron chi connectivity index (χ0n) is 26.2. The van der Waals surface area contributed by atoms with Crippen LogP contribution in [0.15, 0.2) is 48.6 Å². The lowest BCUT2D eigenvalue weighted by atomic mass is 9.86. The van der Waals surface area contributed by atoms with E-state index in [1.807, 2.05) is 13.0 Å². The van der Waals surface area contributed by atoms with Crippen molar-refractivity contribution in [1.82, 2.24) is 0 Å². The molecule has 0 aromatic rings. The fraction of sp³-hybridized carbons (Fsp3) is 0.688. The lowest BCUT2D eigenvalue weighted by Gasteiger charge is -2.35. The van der Waals surface area contributed by atoms with Crippen molar-refractivity contribution in [1.29, 1.82) is 0 Å². The molecule has 1 fully saturated rings. The number of carbonyl (C=O) groups is 2. The van der Waals surface area contributed by atoms with Crippen LogP contribution in [-0.4, -0.2) is 68.5 Å². The third-order valence-corrected chi connectivity index (χ3v) is 8.51. The largest absolute Gasteiger partial charge is 0.469 e. The van der Waals surface area contributed by atoms with Gasteiger partial charge in [0.2, 0.25) is 0 Å². The van der Waals surface area contributed by atoms with E-state index in [1.165, 1.54) is 24.3 Å². The van der Waals surface area contributed by atoms with Crippen LogP contribution in [0.2, 0.25) is 0 Å². The summed E-state index contributed by atoms with van der Waals surface area (Å²) in [5.74, 6) is -0.0706. The number of esters is 2. The number of allylic oxidation sites excluding steroid dienone is 3. The Morgan fingerprint density at radius 1 is 1.25 bits per heavy atom. The topological polar surface area (TPSA) is 186 Å². The van der Waals surface area contributed by atoms with Gasteiger partial charge in [-0.05, 0) is 69.4 Å². The first-order chi connectivity index (χ1) is 20.7. The van der Waals surface area contributed by atoms with Crippen LogP contribution in [0, 0.1) is 17.8 Å². The zero-order chi connectivity index (χ0) is 32.8. The van der Waals surface area contributed by atoms with E-state index in [-0.39, 0.29) is 43.3 Å². The smallest absolute Gasteiger partial charge is 0.462 e. The minimum Gasteiger partial charge on any atom is -0.462 e. The van der Waals surface area contributed by atoms with Gasteiger partial charge < -0.3 is 35.2 Å². The number of aliphatic hydroxyl groups is 2. The van der Waals surface area contributed by atoms with Crippen molar-refractivity contribution in [2.75, 3.05) is 6.54 Å². The first-order valence-corrected chi connectivity index (χ1v) is 17.2. The highest BCUT2D eigenvalue weighted by Crippen LogP contribution is 2.42. The molecule has 0 aromatic heterocycles. The molecule has 1 aliphatic carbocycles. The van der Waals surface area contributed by atoms with Gasteiger partial charge in [0.1, 0.15) is 23.9 Å². The molecule has 1 aliphatic heterocycles. The molecule has 1 heterocycles. The Morgan fingerprint density at radius 2 is 2.00 bits per heavy atom. The molecule has 2 aliphatic rings. The summed E-state index contributed by atoms with van der Waals surface area (Å²) in [7, 11) is -5.08. The van der Waals surface area contributed by atoms with Gasteiger partial charge in [-0.3, -0.25) is 9.32 Å². The van der Waals surface area contributed by atoms with Gasteiger partial charge in [0.15, 0.2) is 0 Å². The summed E-state index contributed by atoms with van der Waals surface area (Å²) in [6.45, 7) is 6.12. The van der Waals surface area contributed by atoms with E-state index in [0.717, 1.165) is 38.5 Å². The molecule has 12 heteroatoms. The number of ether oxygens (including phenoxy) is 2. The van der Waals surface area contributed by atoms with Gasteiger partial charge in [0.25, 0.3) is 0 Å². The van der Waals surface area contributed by atoms with Crippen molar-refractivity contribution >= 4 is 19.8 Å². The van der Waals surface area contributed by atoms with E-state index in [2.05, 4.69) is 13.8 Å². The molecular formula is C32H52NO10P. The highest BCUT2D eigenvalue weighted by Gasteiger charge is 2.40.